The highest BCUT2D eigenvalue weighted by Crippen LogP contribution is 2.41. The molecule has 0 atom stereocenters. The maximum absolute atomic E-state index is 10.7. The lowest BCUT2D eigenvalue weighted by Gasteiger charge is -1.91. The van der Waals surface area contributed by atoms with E-state index in [0.29, 0.717) is 5.39 Å². The van der Waals surface area contributed by atoms with Crippen molar-refractivity contribution < 1.29 is 4.92 Å². The molecule has 72 valence electrons. The molecule has 0 amide bonds. The zero-order valence-corrected chi connectivity index (χ0v) is 10.4. The van der Waals surface area contributed by atoms with Crippen LogP contribution in [0.2, 0.25) is 4.34 Å². The van der Waals surface area contributed by atoms with Gasteiger partial charge in [-0.05, 0) is 40.8 Å². The smallest absolute Gasteiger partial charge is 0.258 e. The van der Waals surface area contributed by atoms with Crippen LogP contribution in [0.1, 0.15) is 0 Å². The molecule has 0 saturated heterocycles. The van der Waals surface area contributed by atoms with E-state index >= 15 is 0 Å². The minimum atomic E-state index is -0.433. The van der Waals surface area contributed by atoms with Gasteiger partial charge in [0.05, 0.1) is 10.3 Å². The fourth-order valence-corrected chi connectivity index (χ4v) is 2.98. The standard InChI is InChI=1S/C8H3ClINO2S/c9-8-7(11(12)13)5-3-4(10)1-2-6(5)14-8/h1-3H. The topological polar surface area (TPSA) is 43.1 Å². The Morgan fingerprint density at radius 3 is 2.86 bits per heavy atom. The van der Waals surface area contributed by atoms with Gasteiger partial charge in [0.15, 0.2) is 4.34 Å². The molecular weight excluding hydrogens is 337 g/mol. The monoisotopic (exact) mass is 339 g/mol. The second-order valence-electron chi connectivity index (χ2n) is 2.62. The maximum atomic E-state index is 10.7. The summed E-state index contributed by atoms with van der Waals surface area (Å²) in [4.78, 5) is 10.3. The Kier molecular flexibility index (Phi) is 2.63. The molecule has 2 rings (SSSR count). The molecule has 0 aliphatic carbocycles. The Bertz CT molecular complexity index is 525. The van der Waals surface area contributed by atoms with Gasteiger partial charge in [0.1, 0.15) is 0 Å². The minimum absolute atomic E-state index is 0.0187. The van der Waals surface area contributed by atoms with Gasteiger partial charge in [0.2, 0.25) is 0 Å². The van der Waals surface area contributed by atoms with Crippen LogP contribution in [0, 0.1) is 13.7 Å². The highest BCUT2D eigenvalue weighted by molar-refractivity contribution is 14.1. The van der Waals surface area contributed by atoms with Crippen molar-refractivity contribution in [3.63, 3.8) is 0 Å². The summed E-state index contributed by atoms with van der Waals surface area (Å²) in [7, 11) is 0. The summed E-state index contributed by atoms with van der Waals surface area (Å²) in [5.41, 5.74) is 0.0187. The summed E-state index contributed by atoms with van der Waals surface area (Å²) in [5.74, 6) is 0. The third kappa shape index (κ3) is 1.59. The van der Waals surface area contributed by atoms with Gasteiger partial charge in [-0.15, -0.1) is 11.3 Å². The van der Waals surface area contributed by atoms with Crippen molar-refractivity contribution in [1.82, 2.24) is 0 Å². The molecule has 0 aliphatic rings. The van der Waals surface area contributed by atoms with Crippen LogP contribution in [0.15, 0.2) is 18.2 Å². The average Bonchev–Trinajstić information content (AvgIpc) is 2.40. The van der Waals surface area contributed by atoms with E-state index < -0.39 is 4.92 Å². The van der Waals surface area contributed by atoms with E-state index in [1.165, 1.54) is 11.3 Å². The molecule has 0 radical (unpaired) electrons. The fourth-order valence-electron chi connectivity index (χ4n) is 1.20. The quantitative estimate of drug-likeness (QED) is 0.446. The van der Waals surface area contributed by atoms with Gasteiger partial charge in [0.25, 0.3) is 0 Å². The number of rotatable bonds is 1. The zero-order valence-electron chi connectivity index (χ0n) is 6.66. The summed E-state index contributed by atoms with van der Waals surface area (Å²) in [6.45, 7) is 0. The number of hydrogen-bond donors (Lipinski definition) is 0. The summed E-state index contributed by atoms with van der Waals surface area (Å²) < 4.78 is 2.06. The van der Waals surface area contributed by atoms with Crippen molar-refractivity contribution in [3.05, 3.63) is 36.2 Å². The third-order valence-corrected chi connectivity index (χ3v) is 3.79. The molecule has 0 unspecified atom stereocenters. The van der Waals surface area contributed by atoms with Crippen molar-refractivity contribution in [3.8, 4) is 0 Å². The molecule has 0 fully saturated rings. The van der Waals surface area contributed by atoms with Crippen LogP contribution in [0.25, 0.3) is 10.1 Å². The highest BCUT2D eigenvalue weighted by atomic mass is 127. The van der Waals surface area contributed by atoms with Gasteiger partial charge in [-0.3, -0.25) is 10.1 Å². The maximum Gasteiger partial charge on any atom is 0.306 e. The minimum Gasteiger partial charge on any atom is -0.258 e. The zero-order chi connectivity index (χ0) is 10.3. The van der Waals surface area contributed by atoms with Gasteiger partial charge < -0.3 is 0 Å². The van der Waals surface area contributed by atoms with E-state index in [4.69, 9.17) is 11.6 Å². The average molecular weight is 340 g/mol. The van der Waals surface area contributed by atoms with Crippen molar-refractivity contribution in [2.75, 3.05) is 0 Å². The first-order valence-electron chi connectivity index (χ1n) is 3.61. The lowest BCUT2D eigenvalue weighted by atomic mass is 10.2. The Labute approximate surface area is 102 Å². The molecule has 2 aromatic rings. The summed E-state index contributed by atoms with van der Waals surface area (Å²) in [6, 6.07) is 5.52. The Morgan fingerprint density at radius 2 is 2.21 bits per heavy atom. The molecule has 0 aliphatic heterocycles. The first-order chi connectivity index (χ1) is 6.59. The van der Waals surface area contributed by atoms with Crippen LogP contribution < -0.4 is 0 Å². The number of nitrogens with zero attached hydrogens (tertiary/aromatic N) is 1. The Balaban J connectivity index is 2.86. The van der Waals surface area contributed by atoms with E-state index in [2.05, 4.69) is 22.6 Å². The van der Waals surface area contributed by atoms with Gasteiger partial charge in [-0.25, -0.2) is 0 Å². The third-order valence-electron chi connectivity index (χ3n) is 1.77. The molecule has 0 saturated carbocycles. The van der Waals surface area contributed by atoms with E-state index in [1.54, 1.807) is 6.07 Å². The van der Waals surface area contributed by atoms with Crippen molar-refractivity contribution in [2.45, 2.75) is 0 Å². The molecule has 6 heteroatoms. The fraction of sp³-hybridized carbons (Fsp3) is 0. The van der Waals surface area contributed by atoms with Gasteiger partial charge in [0, 0.05) is 8.27 Å². The van der Waals surface area contributed by atoms with E-state index in [-0.39, 0.29) is 10.0 Å². The van der Waals surface area contributed by atoms with Crippen LogP contribution in [-0.4, -0.2) is 4.92 Å². The number of nitro groups is 1. The molecule has 14 heavy (non-hydrogen) atoms. The number of halogens is 2. The summed E-state index contributed by atoms with van der Waals surface area (Å²) in [6.07, 6.45) is 0. The predicted molar refractivity (Wildman–Crippen MR) is 66.2 cm³/mol. The molecule has 1 heterocycles. The first-order valence-corrected chi connectivity index (χ1v) is 5.89. The largest absolute Gasteiger partial charge is 0.306 e. The first kappa shape index (κ1) is 10.1. The number of benzene rings is 1. The van der Waals surface area contributed by atoms with Crippen LogP contribution in [0.5, 0.6) is 0 Å². The van der Waals surface area contributed by atoms with Crippen molar-refractivity contribution >= 4 is 61.3 Å². The molecule has 0 N–H and O–H groups in total. The molecule has 0 spiro atoms. The normalized spacial score (nSPS) is 10.7. The molecular formula is C8H3ClINO2S. The predicted octanol–water partition coefficient (Wildman–Crippen LogP) is 4.07. The van der Waals surface area contributed by atoms with Crippen molar-refractivity contribution in [2.24, 2.45) is 0 Å². The van der Waals surface area contributed by atoms with Crippen LogP contribution in [0.4, 0.5) is 5.69 Å². The van der Waals surface area contributed by atoms with Crippen LogP contribution in [0.3, 0.4) is 0 Å². The van der Waals surface area contributed by atoms with E-state index in [0.717, 1.165) is 8.27 Å². The molecule has 3 nitrogen and oxygen atoms in total. The second kappa shape index (κ2) is 3.63. The van der Waals surface area contributed by atoms with Gasteiger partial charge in [-0.1, -0.05) is 11.6 Å². The Morgan fingerprint density at radius 1 is 1.50 bits per heavy atom. The van der Waals surface area contributed by atoms with Gasteiger partial charge in [-0.2, -0.15) is 0 Å². The van der Waals surface area contributed by atoms with E-state index in [9.17, 15) is 10.1 Å². The van der Waals surface area contributed by atoms with Crippen LogP contribution >= 0.6 is 45.5 Å². The highest BCUT2D eigenvalue weighted by Gasteiger charge is 2.20. The van der Waals surface area contributed by atoms with E-state index in [1.807, 2.05) is 12.1 Å². The van der Waals surface area contributed by atoms with Crippen molar-refractivity contribution in [1.29, 1.82) is 0 Å². The second-order valence-corrected chi connectivity index (χ2v) is 5.52. The summed E-state index contributed by atoms with van der Waals surface area (Å²) in [5, 5.41) is 11.4. The molecule has 1 aromatic heterocycles. The lowest BCUT2D eigenvalue weighted by Crippen LogP contribution is -1.86. The Hall–Kier alpha value is -0.400. The molecule has 0 bridgehead atoms. The number of hydrogen-bond acceptors (Lipinski definition) is 3. The van der Waals surface area contributed by atoms with Crippen LogP contribution in [-0.2, 0) is 0 Å². The van der Waals surface area contributed by atoms with Gasteiger partial charge >= 0.3 is 5.69 Å². The number of fused-ring (bicyclic) bond motifs is 1. The molecule has 1 aromatic carbocycles. The SMILES string of the molecule is O=[N+]([O-])c1c(Cl)sc2ccc(I)cc12. The lowest BCUT2D eigenvalue weighted by molar-refractivity contribution is -0.382. The number of thiophene rings is 1. The summed E-state index contributed by atoms with van der Waals surface area (Å²) >= 11 is 9.14.